The van der Waals surface area contributed by atoms with Crippen LogP contribution in [0.2, 0.25) is 0 Å². The van der Waals surface area contributed by atoms with E-state index in [4.69, 9.17) is 0 Å². The average Bonchev–Trinajstić information content (AvgIpc) is 2.68. The number of hydrogen-bond donors (Lipinski definition) is 0. The highest BCUT2D eigenvalue weighted by atomic mass is 79.9. The molecular weight excluding hydrogens is 242 g/mol. The van der Waals surface area contributed by atoms with Crippen LogP contribution in [0.1, 0.15) is 55.6 Å². The predicted molar refractivity (Wildman–Crippen MR) is 59.5 cm³/mol. The van der Waals surface area contributed by atoms with E-state index < -0.39 is 0 Å². The molecule has 1 atom stereocenters. The van der Waals surface area contributed by atoms with E-state index in [0.29, 0.717) is 10.9 Å². The van der Waals surface area contributed by atoms with Crippen LogP contribution in [-0.2, 0) is 0 Å². The summed E-state index contributed by atoms with van der Waals surface area (Å²) in [6.45, 7) is 2.08. The van der Waals surface area contributed by atoms with Crippen LogP contribution in [0.15, 0.2) is 6.20 Å². The third kappa shape index (κ3) is 2.16. The summed E-state index contributed by atoms with van der Waals surface area (Å²) in [6.07, 6.45) is 8.66. The summed E-state index contributed by atoms with van der Waals surface area (Å²) in [5.74, 6) is 0. The minimum Gasteiger partial charge on any atom is -0.249 e. The molecule has 1 fully saturated rings. The van der Waals surface area contributed by atoms with Gasteiger partial charge in [-0.15, -0.1) is 5.10 Å². The third-order valence-corrected chi connectivity index (χ3v) is 3.35. The van der Waals surface area contributed by atoms with Gasteiger partial charge in [0.05, 0.1) is 16.6 Å². The molecule has 1 aliphatic rings. The van der Waals surface area contributed by atoms with E-state index in [1.165, 1.54) is 32.1 Å². The molecule has 1 unspecified atom stereocenters. The van der Waals surface area contributed by atoms with E-state index in [1.807, 2.05) is 4.68 Å². The SMILES string of the molecule is CC(Br)c1cn(C2CCCCC2)nn1. The van der Waals surface area contributed by atoms with Crippen LogP contribution < -0.4 is 0 Å². The second-order valence-corrected chi connectivity index (χ2v) is 5.40. The van der Waals surface area contributed by atoms with Gasteiger partial charge in [0.25, 0.3) is 0 Å². The average molecular weight is 258 g/mol. The first-order valence-electron chi connectivity index (χ1n) is 5.33. The fraction of sp³-hybridized carbons (Fsp3) is 0.800. The summed E-state index contributed by atoms with van der Waals surface area (Å²) in [4.78, 5) is 0.305. The summed E-state index contributed by atoms with van der Waals surface area (Å²) >= 11 is 3.50. The lowest BCUT2D eigenvalue weighted by atomic mass is 9.96. The van der Waals surface area contributed by atoms with E-state index in [9.17, 15) is 0 Å². The first kappa shape index (κ1) is 10.1. The summed E-state index contributed by atoms with van der Waals surface area (Å²) < 4.78 is 2.05. The largest absolute Gasteiger partial charge is 0.249 e. The van der Waals surface area contributed by atoms with Crippen LogP contribution in [0, 0.1) is 0 Å². The zero-order valence-corrected chi connectivity index (χ0v) is 10.1. The van der Waals surface area contributed by atoms with Crippen LogP contribution >= 0.6 is 15.9 Å². The molecule has 1 aliphatic carbocycles. The number of halogens is 1. The Bertz CT molecular complexity index is 289. The van der Waals surface area contributed by atoms with Gasteiger partial charge in [0.15, 0.2) is 0 Å². The Hall–Kier alpha value is -0.380. The number of alkyl halides is 1. The number of rotatable bonds is 2. The van der Waals surface area contributed by atoms with Crippen LogP contribution in [0.4, 0.5) is 0 Å². The molecule has 1 saturated carbocycles. The highest BCUT2D eigenvalue weighted by Crippen LogP contribution is 2.28. The molecule has 0 amide bonds. The predicted octanol–water partition coefficient (Wildman–Crippen LogP) is 3.24. The van der Waals surface area contributed by atoms with Crippen molar-refractivity contribution in [3.05, 3.63) is 11.9 Å². The topological polar surface area (TPSA) is 30.7 Å². The van der Waals surface area contributed by atoms with E-state index >= 15 is 0 Å². The maximum atomic E-state index is 4.20. The van der Waals surface area contributed by atoms with E-state index in [1.54, 1.807) is 0 Å². The van der Waals surface area contributed by atoms with Gasteiger partial charge in [-0.3, -0.25) is 0 Å². The van der Waals surface area contributed by atoms with Crippen molar-refractivity contribution in [3.8, 4) is 0 Å². The second-order valence-electron chi connectivity index (χ2n) is 4.03. The molecular formula is C10H16BrN3. The molecule has 3 nitrogen and oxygen atoms in total. The third-order valence-electron chi connectivity index (χ3n) is 2.88. The Labute approximate surface area is 93.0 Å². The summed E-state index contributed by atoms with van der Waals surface area (Å²) in [7, 11) is 0. The fourth-order valence-corrected chi connectivity index (χ4v) is 2.21. The van der Waals surface area contributed by atoms with Gasteiger partial charge < -0.3 is 0 Å². The van der Waals surface area contributed by atoms with Gasteiger partial charge in [-0.1, -0.05) is 40.4 Å². The fourth-order valence-electron chi connectivity index (χ4n) is 2.00. The second kappa shape index (κ2) is 4.43. The first-order chi connectivity index (χ1) is 6.77. The maximum absolute atomic E-state index is 4.20. The lowest BCUT2D eigenvalue weighted by Gasteiger charge is -2.20. The van der Waals surface area contributed by atoms with Crippen molar-refractivity contribution < 1.29 is 0 Å². The molecule has 0 spiro atoms. The number of hydrogen-bond acceptors (Lipinski definition) is 2. The van der Waals surface area contributed by atoms with Crippen molar-refractivity contribution in [1.82, 2.24) is 15.0 Å². The first-order valence-corrected chi connectivity index (χ1v) is 6.25. The molecule has 14 heavy (non-hydrogen) atoms. The summed E-state index contributed by atoms with van der Waals surface area (Å²) in [6, 6.07) is 0.594. The molecule has 0 saturated heterocycles. The molecule has 0 bridgehead atoms. The normalized spacial score (nSPS) is 21.0. The summed E-state index contributed by atoms with van der Waals surface area (Å²) in [5.41, 5.74) is 1.04. The van der Waals surface area contributed by atoms with Gasteiger partial charge in [0.1, 0.15) is 0 Å². The van der Waals surface area contributed by atoms with Gasteiger partial charge >= 0.3 is 0 Å². The molecule has 1 aromatic heterocycles. The monoisotopic (exact) mass is 257 g/mol. The Morgan fingerprint density at radius 1 is 1.43 bits per heavy atom. The van der Waals surface area contributed by atoms with Gasteiger partial charge in [0, 0.05) is 6.20 Å². The zero-order chi connectivity index (χ0) is 9.97. The van der Waals surface area contributed by atoms with Crippen molar-refractivity contribution in [1.29, 1.82) is 0 Å². The van der Waals surface area contributed by atoms with E-state index in [-0.39, 0.29) is 0 Å². The van der Waals surface area contributed by atoms with Crippen molar-refractivity contribution in [2.24, 2.45) is 0 Å². The maximum Gasteiger partial charge on any atom is 0.0960 e. The lowest BCUT2D eigenvalue weighted by Crippen LogP contribution is -2.13. The highest BCUT2D eigenvalue weighted by Gasteiger charge is 2.17. The zero-order valence-electron chi connectivity index (χ0n) is 8.49. The van der Waals surface area contributed by atoms with Crippen molar-refractivity contribution in [3.63, 3.8) is 0 Å². The molecule has 1 heterocycles. The number of aromatic nitrogens is 3. The highest BCUT2D eigenvalue weighted by molar-refractivity contribution is 9.09. The minimum atomic E-state index is 0.305. The van der Waals surface area contributed by atoms with Crippen LogP contribution in [-0.4, -0.2) is 15.0 Å². The molecule has 4 heteroatoms. The Kier molecular flexibility index (Phi) is 3.21. The summed E-state index contributed by atoms with van der Waals surface area (Å²) in [5, 5.41) is 8.35. The van der Waals surface area contributed by atoms with Crippen molar-refractivity contribution in [2.45, 2.75) is 49.9 Å². The standard InChI is InChI=1S/C10H16BrN3/c1-8(11)10-7-14(13-12-10)9-5-3-2-4-6-9/h7-9H,2-6H2,1H3. The Morgan fingerprint density at radius 2 is 2.14 bits per heavy atom. The molecule has 0 N–H and O–H groups in total. The van der Waals surface area contributed by atoms with Crippen molar-refractivity contribution in [2.75, 3.05) is 0 Å². The molecule has 78 valence electrons. The molecule has 0 aliphatic heterocycles. The quantitative estimate of drug-likeness (QED) is 0.762. The van der Waals surface area contributed by atoms with Crippen LogP contribution in [0.3, 0.4) is 0 Å². The molecule has 2 rings (SSSR count). The molecule has 1 aromatic rings. The molecule has 0 aromatic carbocycles. The minimum absolute atomic E-state index is 0.305. The van der Waals surface area contributed by atoms with E-state index in [2.05, 4.69) is 39.4 Å². The van der Waals surface area contributed by atoms with Crippen LogP contribution in [0.25, 0.3) is 0 Å². The molecule has 0 radical (unpaired) electrons. The van der Waals surface area contributed by atoms with Crippen LogP contribution in [0.5, 0.6) is 0 Å². The van der Waals surface area contributed by atoms with Gasteiger partial charge in [-0.25, -0.2) is 4.68 Å². The lowest BCUT2D eigenvalue weighted by molar-refractivity contribution is 0.324. The van der Waals surface area contributed by atoms with Crippen molar-refractivity contribution >= 4 is 15.9 Å². The van der Waals surface area contributed by atoms with Gasteiger partial charge in [-0.2, -0.15) is 0 Å². The number of nitrogens with zero attached hydrogens (tertiary/aromatic N) is 3. The van der Waals surface area contributed by atoms with Gasteiger partial charge in [-0.05, 0) is 19.8 Å². The van der Waals surface area contributed by atoms with Gasteiger partial charge in [0.2, 0.25) is 0 Å². The Morgan fingerprint density at radius 3 is 2.71 bits per heavy atom. The smallest absolute Gasteiger partial charge is 0.0960 e. The van der Waals surface area contributed by atoms with E-state index in [0.717, 1.165) is 5.69 Å². The Balaban J connectivity index is 2.07.